The average Bonchev–Trinajstić information content (AvgIpc) is 2.46. The lowest BCUT2D eigenvalue weighted by molar-refractivity contribution is -0.144. The molecular weight excluding hydrogens is 248 g/mol. The van der Waals surface area contributed by atoms with Gasteiger partial charge in [0.1, 0.15) is 6.04 Å². The predicted octanol–water partition coefficient (Wildman–Crippen LogP) is 0.0941. The first kappa shape index (κ1) is 14.7. The Kier molecular flexibility index (Phi) is 5.53. The van der Waals surface area contributed by atoms with E-state index in [2.05, 4.69) is 15.4 Å². The molecule has 102 valence electrons. The summed E-state index contributed by atoms with van der Waals surface area (Å²) in [6, 6.07) is 7.42. The highest BCUT2D eigenvalue weighted by molar-refractivity contribution is 5.97. The zero-order chi connectivity index (χ0) is 14.3. The van der Waals surface area contributed by atoms with Gasteiger partial charge in [-0.15, -0.1) is 0 Å². The second kappa shape index (κ2) is 7.15. The Morgan fingerprint density at radius 2 is 1.84 bits per heavy atom. The summed E-state index contributed by atoms with van der Waals surface area (Å²) in [6.45, 7) is 0. The molecule has 0 radical (unpaired) electrons. The number of rotatable bonds is 5. The quantitative estimate of drug-likeness (QED) is 0.738. The lowest BCUT2D eigenvalue weighted by Gasteiger charge is -2.15. The number of benzene rings is 1. The van der Waals surface area contributed by atoms with Gasteiger partial charge in [-0.25, -0.2) is 4.79 Å². The molecule has 0 spiro atoms. The van der Waals surface area contributed by atoms with Crippen molar-refractivity contribution in [2.24, 2.45) is 0 Å². The molecule has 0 saturated carbocycles. The molecule has 2 amide bonds. The van der Waals surface area contributed by atoms with Gasteiger partial charge in [0.25, 0.3) is 5.91 Å². The number of methoxy groups -OCH3 is 1. The number of amides is 2. The maximum atomic E-state index is 11.9. The summed E-state index contributed by atoms with van der Waals surface area (Å²) in [6.07, 6.45) is -0.165. The molecule has 6 heteroatoms. The number of hydrogen-bond acceptors (Lipinski definition) is 4. The summed E-state index contributed by atoms with van der Waals surface area (Å²) in [4.78, 5) is 34.7. The third-order valence-corrected chi connectivity index (χ3v) is 2.50. The molecule has 1 atom stereocenters. The van der Waals surface area contributed by atoms with E-state index in [1.54, 1.807) is 30.3 Å². The topological polar surface area (TPSA) is 84.5 Å². The first-order valence-electron chi connectivity index (χ1n) is 5.72. The molecule has 0 aliphatic rings. The van der Waals surface area contributed by atoms with E-state index >= 15 is 0 Å². The number of hydrogen-bond donors (Lipinski definition) is 2. The Labute approximate surface area is 111 Å². The van der Waals surface area contributed by atoms with E-state index in [0.29, 0.717) is 5.56 Å². The fraction of sp³-hybridized carbons (Fsp3) is 0.308. The molecule has 1 unspecified atom stereocenters. The zero-order valence-electron chi connectivity index (χ0n) is 10.8. The van der Waals surface area contributed by atoms with E-state index in [1.807, 2.05) is 0 Å². The molecule has 0 aliphatic heterocycles. The van der Waals surface area contributed by atoms with Crippen LogP contribution in [-0.4, -0.2) is 38.0 Å². The predicted molar refractivity (Wildman–Crippen MR) is 68.4 cm³/mol. The fourth-order valence-electron chi connectivity index (χ4n) is 1.45. The monoisotopic (exact) mass is 264 g/mol. The maximum Gasteiger partial charge on any atom is 0.328 e. The van der Waals surface area contributed by atoms with Crippen LogP contribution in [0.4, 0.5) is 0 Å². The van der Waals surface area contributed by atoms with Crippen molar-refractivity contribution in [2.45, 2.75) is 12.5 Å². The van der Waals surface area contributed by atoms with Crippen molar-refractivity contribution in [3.63, 3.8) is 0 Å². The Morgan fingerprint density at radius 3 is 2.37 bits per heavy atom. The molecule has 0 saturated heterocycles. The van der Waals surface area contributed by atoms with Gasteiger partial charge in [-0.3, -0.25) is 9.59 Å². The maximum absolute atomic E-state index is 11.9. The van der Waals surface area contributed by atoms with Gasteiger partial charge in [-0.2, -0.15) is 0 Å². The number of carbonyl (C=O) groups excluding carboxylic acids is 3. The van der Waals surface area contributed by atoms with Crippen molar-refractivity contribution in [3.05, 3.63) is 35.9 Å². The highest BCUT2D eigenvalue weighted by Crippen LogP contribution is 2.02. The summed E-state index contributed by atoms with van der Waals surface area (Å²) in [5.41, 5.74) is 0.410. The minimum atomic E-state index is -1.00. The Morgan fingerprint density at radius 1 is 1.21 bits per heavy atom. The molecule has 2 N–H and O–H groups in total. The minimum Gasteiger partial charge on any atom is -0.467 e. The molecule has 1 aromatic carbocycles. The Bertz CT molecular complexity index is 459. The molecule has 19 heavy (non-hydrogen) atoms. The highest BCUT2D eigenvalue weighted by atomic mass is 16.5. The van der Waals surface area contributed by atoms with Crippen LogP contribution in [0.2, 0.25) is 0 Å². The molecule has 0 bridgehead atoms. The average molecular weight is 264 g/mol. The third kappa shape index (κ3) is 4.42. The van der Waals surface area contributed by atoms with E-state index in [1.165, 1.54) is 14.2 Å². The zero-order valence-corrected chi connectivity index (χ0v) is 10.8. The molecular formula is C13H16N2O4. The van der Waals surface area contributed by atoms with E-state index in [-0.39, 0.29) is 12.3 Å². The molecule has 0 fully saturated rings. The smallest absolute Gasteiger partial charge is 0.328 e. The normalized spacial score (nSPS) is 11.3. The molecule has 0 aliphatic carbocycles. The number of ether oxygens (including phenoxy) is 1. The van der Waals surface area contributed by atoms with Gasteiger partial charge in [0.2, 0.25) is 5.91 Å². The highest BCUT2D eigenvalue weighted by Gasteiger charge is 2.24. The van der Waals surface area contributed by atoms with E-state index in [9.17, 15) is 14.4 Å². The van der Waals surface area contributed by atoms with E-state index in [4.69, 9.17) is 0 Å². The summed E-state index contributed by atoms with van der Waals surface area (Å²) < 4.78 is 4.56. The minimum absolute atomic E-state index is 0.165. The molecule has 6 nitrogen and oxygen atoms in total. The number of esters is 1. The van der Waals surface area contributed by atoms with Gasteiger partial charge in [-0.05, 0) is 12.1 Å². The molecule has 1 rings (SSSR count). The molecule has 1 aromatic rings. The largest absolute Gasteiger partial charge is 0.467 e. The van der Waals surface area contributed by atoms with Crippen molar-refractivity contribution < 1.29 is 19.1 Å². The summed E-state index contributed by atoms with van der Waals surface area (Å²) in [5.74, 6) is -1.45. The van der Waals surface area contributed by atoms with Gasteiger partial charge in [0, 0.05) is 12.6 Å². The lowest BCUT2D eigenvalue weighted by atomic mass is 10.1. The van der Waals surface area contributed by atoms with E-state index < -0.39 is 17.9 Å². The molecule has 0 aromatic heterocycles. The first-order valence-corrected chi connectivity index (χ1v) is 5.72. The van der Waals surface area contributed by atoms with Crippen LogP contribution in [0.15, 0.2) is 30.3 Å². The van der Waals surface area contributed by atoms with Crippen LogP contribution < -0.4 is 10.6 Å². The van der Waals surface area contributed by atoms with Gasteiger partial charge < -0.3 is 15.4 Å². The van der Waals surface area contributed by atoms with Crippen LogP contribution in [0.3, 0.4) is 0 Å². The van der Waals surface area contributed by atoms with Crippen LogP contribution in [-0.2, 0) is 14.3 Å². The van der Waals surface area contributed by atoms with Crippen LogP contribution in [0, 0.1) is 0 Å². The van der Waals surface area contributed by atoms with Crippen LogP contribution >= 0.6 is 0 Å². The van der Waals surface area contributed by atoms with Crippen LogP contribution in [0.25, 0.3) is 0 Å². The van der Waals surface area contributed by atoms with Gasteiger partial charge in [0.15, 0.2) is 0 Å². The second-order valence-electron chi connectivity index (χ2n) is 3.79. The number of nitrogens with one attached hydrogen (secondary N) is 2. The van der Waals surface area contributed by atoms with Crippen LogP contribution in [0.1, 0.15) is 16.8 Å². The van der Waals surface area contributed by atoms with Gasteiger partial charge >= 0.3 is 5.97 Å². The molecule has 0 heterocycles. The third-order valence-electron chi connectivity index (χ3n) is 2.50. The standard InChI is InChI=1S/C13H16N2O4/c1-14-11(16)8-10(13(18)19-2)15-12(17)9-6-4-3-5-7-9/h3-7,10H,8H2,1-2H3,(H,14,16)(H,15,17). The first-order chi connectivity index (χ1) is 9.08. The van der Waals surface area contributed by atoms with Crippen molar-refractivity contribution in [3.8, 4) is 0 Å². The lowest BCUT2D eigenvalue weighted by Crippen LogP contribution is -2.44. The number of carbonyl (C=O) groups is 3. The van der Waals surface area contributed by atoms with E-state index in [0.717, 1.165) is 0 Å². The van der Waals surface area contributed by atoms with Crippen molar-refractivity contribution >= 4 is 17.8 Å². The summed E-state index contributed by atoms with van der Waals surface area (Å²) in [7, 11) is 2.66. The van der Waals surface area contributed by atoms with Crippen molar-refractivity contribution in [2.75, 3.05) is 14.2 Å². The Balaban J connectivity index is 2.74. The fourth-order valence-corrected chi connectivity index (χ4v) is 1.45. The van der Waals surface area contributed by atoms with Gasteiger partial charge in [0.05, 0.1) is 13.5 Å². The van der Waals surface area contributed by atoms with Crippen LogP contribution in [0.5, 0.6) is 0 Å². The summed E-state index contributed by atoms with van der Waals surface area (Å²) in [5, 5.41) is 4.86. The SMILES string of the molecule is CNC(=O)CC(NC(=O)c1ccccc1)C(=O)OC. The summed E-state index contributed by atoms with van der Waals surface area (Å²) >= 11 is 0. The Hall–Kier alpha value is -2.37. The van der Waals surface area contributed by atoms with Crippen molar-refractivity contribution in [1.82, 2.24) is 10.6 Å². The van der Waals surface area contributed by atoms with Gasteiger partial charge in [-0.1, -0.05) is 18.2 Å². The second-order valence-corrected chi connectivity index (χ2v) is 3.79. The van der Waals surface area contributed by atoms with Crippen molar-refractivity contribution in [1.29, 1.82) is 0 Å².